The monoisotopic (exact) mass is 387 g/mol. The lowest BCUT2D eigenvalue weighted by molar-refractivity contribution is 0.413. The molecule has 2 aliphatic rings. The molecule has 4 rings (SSSR count). The first-order chi connectivity index (χ1) is 11.5. The molecule has 2 aromatic rings. The summed E-state index contributed by atoms with van der Waals surface area (Å²) in [7, 11) is 3.98. The van der Waals surface area contributed by atoms with Crippen LogP contribution in [0.1, 0.15) is 31.2 Å². The van der Waals surface area contributed by atoms with Crippen LogP contribution in [0.2, 0.25) is 0 Å². The van der Waals surface area contributed by atoms with E-state index < -0.39 is 11.6 Å². The molecule has 136 valence electrons. The fourth-order valence-corrected chi connectivity index (χ4v) is 5.46. The molecule has 0 radical (unpaired) electrons. The Labute approximate surface area is 155 Å². The lowest BCUT2D eigenvalue weighted by atomic mass is 9.79. The number of thiophene rings is 1. The second-order valence-corrected chi connectivity index (χ2v) is 8.32. The third-order valence-electron chi connectivity index (χ3n) is 5.34. The van der Waals surface area contributed by atoms with E-state index in [1.807, 2.05) is 14.1 Å². The van der Waals surface area contributed by atoms with Crippen molar-refractivity contribution in [1.29, 1.82) is 0 Å². The van der Waals surface area contributed by atoms with Gasteiger partial charge < -0.3 is 4.90 Å². The molecule has 1 saturated carbocycles. The van der Waals surface area contributed by atoms with E-state index in [9.17, 15) is 13.2 Å². The van der Waals surface area contributed by atoms with E-state index >= 15 is 0 Å². The predicted octanol–water partition coefficient (Wildman–Crippen LogP) is 5.88. The molecule has 1 fully saturated rings. The first-order valence-electron chi connectivity index (χ1n) is 8.38. The molecular formula is C19H21ClF3NS. The molecule has 0 N–H and O–H groups in total. The van der Waals surface area contributed by atoms with Gasteiger partial charge in [0, 0.05) is 22.2 Å². The van der Waals surface area contributed by atoms with Gasteiger partial charge in [0.1, 0.15) is 0 Å². The van der Waals surface area contributed by atoms with Gasteiger partial charge in [0.05, 0.1) is 0 Å². The van der Waals surface area contributed by atoms with Crippen LogP contribution in [0.15, 0.2) is 17.7 Å². The molecule has 2 aliphatic carbocycles. The third-order valence-corrected chi connectivity index (χ3v) is 6.29. The molecule has 1 heterocycles. The number of benzene rings is 1. The normalized spacial score (nSPS) is 22.8. The SMILES string of the molecule is CN(C)CC1=C(c2c(F)sc3ccc(F)c(F)c23)C2CCC(C1)C2.Cl. The highest BCUT2D eigenvalue weighted by atomic mass is 35.5. The highest BCUT2D eigenvalue weighted by Crippen LogP contribution is 2.52. The van der Waals surface area contributed by atoms with E-state index in [-0.39, 0.29) is 28.8 Å². The first-order valence-corrected chi connectivity index (χ1v) is 9.20. The van der Waals surface area contributed by atoms with Gasteiger partial charge >= 0.3 is 0 Å². The van der Waals surface area contributed by atoms with Gasteiger partial charge in [0.25, 0.3) is 0 Å². The number of nitrogens with zero attached hydrogens (tertiary/aromatic N) is 1. The lowest BCUT2D eigenvalue weighted by Crippen LogP contribution is -2.21. The Balaban J connectivity index is 0.00000182. The molecular weight excluding hydrogens is 367 g/mol. The maximum absolute atomic E-state index is 14.8. The maximum Gasteiger partial charge on any atom is 0.185 e. The number of hydrogen-bond acceptors (Lipinski definition) is 2. The van der Waals surface area contributed by atoms with E-state index in [1.165, 1.54) is 11.6 Å². The average molecular weight is 388 g/mol. The van der Waals surface area contributed by atoms with Gasteiger partial charge in [-0.2, -0.15) is 4.39 Å². The number of fused-ring (bicyclic) bond motifs is 3. The highest BCUT2D eigenvalue weighted by molar-refractivity contribution is 7.17. The summed E-state index contributed by atoms with van der Waals surface area (Å²) < 4.78 is 43.6. The molecule has 0 spiro atoms. The van der Waals surface area contributed by atoms with Gasteiger partial charge in [-0.15, -0.1) is 23.7 Å². The topological polar surface area (TPSA) is 3.24 Å². The second kappa shape index (κ2) is 6.93. The maximum atomic E-state index is 14.8. The van der Waals surface area contributed by atoms with Crippen molar-refractivity contribution in [3.05, 3.63) is 40.0 Å². The van der Waals surface area contributed by atoms with Crippen LogP contribution in [0.3, 0.4) is 0 Å². The summed E-state index contributed by atoms with van der Waals surface area (Å²) >= 11 is 0.921. The summed E-state index contributed by atoms with van der Waals surface area (Å²) in [4.78, 5) is 2.07. The Kier molecular flexibility index (Phi) is 5.20. The van der Waals surface area contributed by atoms with Crippen LogP contribution in [0.25, 0.3) is 15.7 Å². The van der Waals surface area contributed by atoms with Crippen LogP contribution < -0.4 is 0 Å². The fourth-order valence-electron chi connectivity index (χ4n) is 4.52. The van der Waals surface area contributed by atoms with E-state index in [1.54, 1.807) is 0 Å². The zero-order chi connectivity index (χ0) is 17.0. The minimum Gasteiger partial charge on any atom is -0.305 e. The van der Waals surface area contributed by atoms with Crippen molar-refractivity contribution >= 4 is 39.4 Å². The van der Waals surface area contributed by atoms with Crippen molar-refractivity contribution in [2.24, 2.45) is 11.8 Å². The van der Waals surface area contributed by atoms with Crippen LogP contribution in [0, 0.1) is 28.6 Å². The van der Waals surface area contributed by atoms with Crippen molar-refractivity contribution in [2.45, 2.75) is 25.7 Å². The molecule has 2 bridgehead atoms. The summed E-state index contributed by atoms with van der Waals surface area (Å²) in [6.45, 7) is 0.746. The summed E-state index contributed by atoms with van der Waals surface area (Å²) in [5.74, 6) is -0.896. The van der Waals surface area contributed by atoms with Crippen molar-refractivity contribution < 1.29 is 13.2 Å². The van der Waals surface area contributed by atoms with E-state index in [4.69, 9.17) is 0 Å². The molecule has 0 aliphatic heterocycles. The zero-order valence-electron chi connectivity index (χ0n) is 14.2. The summed E-state index contributed by atoms with van der Waals surface area (Å²) in [5.41, 5.74) is 2.47. The number of hydrogen-bond donors (Lipinski definition) is 0. The Morgan fingerprint density at radius 1 is 1.16 bits per heavy atom. The molecule has 1 aromatic carbocycles. The molecule has 0 saturated heterocycles. The van der Waals surface area contributed by atoms with Gasteiger partial charge in [0.2, 0.25) is 0 Å². The number of likely N-dealkylation sites (N-methyl/N-ethyl adjacent to an activating group) is 1. The Morgan fingerprint density at radius 3 is 2.64 bits per heavy atom. The molecule has 2 atom stereocenters. The predicted molar refractivity (Wildman–Crippen MR) is 99.9 cm³/mol. The van der Waals surface area contributed by atoms with E-state index in [0.29, 0.717) is 16.2 Å². The highest BCUT2D eigenvalue weighted by Gasteiger charge is 2.37. The van der Waals surface area contributed by atoms with Gasteiger partial charge in [-0.1, -0.05) is 5.57 Å². The molecule has 2 unspecified atom stereocenters. The van der Waals surface area contributed by atoms with Crippen molar-refractivity contribution in [1.82, 2.24) is 4.90 Å². The quantitative estimate of drug-likeness (QED) is 0.636. The lowest BCUT2D eigenvalue weighted by Gasteiger charge is -2.28. The van der Waals surface area contributed by atoms with Crippen LogP contribution in [-0.4, -0.2) is 25.5 Å². The number of allylic oxidation sites excluding steroid dienone is 1. The van der Waals surface area contributed by atoms with Crippen molar-refractivity contribution in [2.75, 3.05) is 20.6 Å². The third kappa shape index (κ3) is 3.11. The smallest absolute Gasteiger partial charge is 0.185 e. The molecule has 1 aromatic heterocycles. The largest absolute Gasteiger partial charge is 0.305 e. The minimum absolute atomic E-state index is 0. The van der Waals surface area contributed by atoms with Crippen LogP contribution in [-0.2, 0) is 0 Å². The number of halogens is 4. The molecule has 25 heavy (non-hydrogen) atoms. The zero-order valence-corrected chi connectivity index (χ0v) is 15.9. The van der Waals surface area contributed by atoms with E-state index in [0.717, 1.165) is 55.2 Å². The standard InChI is InChI=1S/C19H20F3NS.ClH/c1-23(2)9-12-8-10-3-4-11(7-10)15(12)17-16-14(24-19(17)22)6-5-13(20)18(16)21;/h5-6,10-11H,3-4,7-9H2,1-2H3;1H. The summed E-state index contributed by atoms with van der Waals surface area (Å²) in [6, 6.07) is 2.57. The van der Waals surface area contributed by atoms with Gasteiger partial charge in [-0.05, 0) is 69.3 Å². The summed E-state index contributed by atoms with van der Waals surface area (Å²) in [6.07, 6.45) is 4.15. The molecule has 1 nitrogen and oxygen atoms in total. The Bertz CT molecular complexity index is 843. The second-order valence-electron chi connectivity index (χ2n) is 7.32. The van der Waals surface area contributed by atoms with Crippen LogP contribution in [0.4, 0.5) is 13.2 Å². The molecule has 0 amide bonds. The summed E-state index contributed by atoms with van der Waals surface area (Å²) in [5, 5.41) is -0.250. The Morgan fingerprint density at radius 2 is 1.92 bits per heavy atom. The minimum atomic E-state index is -0.917. The Hall–Kier alpha value is -1.04. The fraction of sp³-hybridized carbons (Fsp3) is 0.474. The van der Waals surface area contributed by atoms with Gasteiger partial charge in [-0.25, -0.2) is 8.78 Å². The van der Waals surface area contributed by atoms with E-state index in [2.05, 4.69) is 4.90 Å². The van der Waals surface area contributed by atoms with Crippen LogP contribution >= 0.6 is 23.7 Å². The van der Waals surface area contributed by atoms with Gasteiger partial charge in [-0.3, -0.25) is 0 Å². The average Bonchev–Trinajstić information content (AvgIpc) is 3.05. The van der Waals surface area contributed by atoms with Gasteiger partial charge in [0.15, 0.2) is 16.8 Å². The van der Waals surface area contributed by atoms with Crippen molar-refractivity contribution in [3.8, 4) is 0 Å². The van der Waals surface area contributed by atoms with Crippen molar-refractivity contribution in [3.63, 3.8) is 0 Å². The van der Waals surface area contributed by atoms with Crippen LogP contribution in [0.5, 0.6) is 0 Å². The first kappa shape index (κ1) is 18.7. The number of rotatable bonds is 3. The molecule has 6 heteroatoms.